The first-order chi connectivity index (χ1) is 19.7. The highest BCUT2D eigenvalue weighted by Crippen LogP contribution is 2.36. The van der Waals surface area contributed by atoms with Crippen molar-refractivity contribution in [2.45, 2.75) is 0 Å². The summed E-state index contributed by atoms with van der Waals surface area (Å²) in [6.07, 6.45) is 0. The van der Waals surface area contributed by atoms with Crippen molar-refractivity contribution in [1.29, 1.82) is 0 Å². The first-order valence-corrected chi connectivity index (χ1v) is 13.6. The Morgan fingerprint density at radius 3 is 1.27 bits per heavy atom. The Morgan fingerprint density at radius 1 is 0.537 bits per heavy atom. The number of hydrogen-bond acceptors (Lipinski definition) is 7. The number of carbonyl (C=O) groups excluding carboxylic acids is 4. The minimum Gasteiger partial charge on any atom is -0.377 e. The van der Waals surface area contributed by atoms with Crippen molar-refractivity contribution in [2.24, 2.45) is 0 Å². The molecule has 0 radical (unpaired) electrons. The fourth-order valence-electron chi connectivity index (χ4n) is 5.95. The van der Waals surface area contributed by atoms with Crippen LogP contribution in [0.5, 0.6) is 0 Å². The third-order valence-corrected chi connectivity index (χ3v) is 7.93. The molecule has 1 N–H and O–H groups in total. The van der Waals surface area contributed by atoms with Gasteiger partial charge in [-0.25, -0.2) is 0 Å². The van der Waals surface area contributed by atoms with E-state index in [1.807, 2.05) is 74.4 Å². The molecule has 41 heavy (non-hydrogen) atoms. The molecule has 0 saturated carbocycles. The van der Waals surface area contributed by atoms with Gasteiger partial charge in [-0.05, 0) is 36.4 Å². The monoisotopic (exact) mass is 549 g/mol. The molecule has 0 unspecified atom stereocenters. The smallest absolute Gasteiger partial charge is 0.261 e. The summed E-state index contributed by atoms with van der Waals surface area (Å²) in [6, 6.07) is 18.4. The van der Waals surface area contributed by atoms with Gasteiger partial charge in [-0.1, -0.05) is 24.3 Å². The summed E-state index contributed by atoms with van der Waals surface area (Å²) in [5, 5.41) is 6.32. The Morgan fingerprint density at radius 2 is 0.902 bits per heavy atom. The molecule has 4 aromatic carbocycles. The van der Waals surface area contributed by atoms with E-state index in [2.05, 4.69) is 5.32 Å². The number of carbonyl (C=O) groups is 4. The van der Waals surface area contributed by atoms with E-state index in [-0.39, 0.29) is 36.7 Å². The fraction of sp³-hybridized carbons (Fsp3) is 0.250. The second kappa shape index (κ2) is 10.0. The molecule has 0 fully saturated rings. The Hall–Kier alpha value is -4.76. The third kappa shape index (κ3) is 4.12. The first-order valence-electron chi connectivity index (χ1n) is 13.6. The van der Waals surface area contributed by atoms with Gasteiger partial charge in [-0.3, -0.25) is 29.0 Å². The number of nitrogens with one attached hydrogen (secondary N) is 1. The molecule has 0 saturated heterocycles. The minimum atomic E-state index is -0.325. The molecule has 0 aromatic heterocycles. The third-order valence-electron chi connectivity index (χ3n) is 7.93. The van der Waals surface area contributed by atoms with E-state index in [1.165, 1.54) is 9.80 Å². The van der Waals surface area contributed by atoms with Crippen LogP contribution in [0.15, 0.2) is 60.7 Å². The summed E-state index contributed by atoms with van der Waals surface area (Å²) in [7, 11) is 7.72. The molecular formula is C32H31N5O4. The van der Waals surface area contributed by atoms with Gasteiger partial charge in [0.15, 0.2) is 0 Å². The fourth-order valence-corrected chi connectivity index (χ4v) is 5.95. The molecule has 6 rings (SSSR count). The van der Waals surface area contributed by atoms with E-state index >= 15 is 0 Å². The van der Waals surface area contributed by atoms with Crippen LogP contribution in [0.4, 0.5) is 11.4 Å². The molecule has 2 aliphatic rings. The zero-order valence-corrected chi connectivity index (χ0v) is 23.5. The summed E-state index contributed by atoms with van der Waals surface area (Å²) in [5.74, 6) is -1.30. The number of nitrogens with zero attached hydrogens (tertiary/aromatic N) is 4. The van der Waals surface area contributed by atoms with Gasteiger partial charge in [0.05, 0.1) is 0 Å². The van der Waals surface area contributed by atoms with Crippen LogP contribution in [0, 0.1) is 0 Å². The zero-order valence-electron chi connectivity index (χ0n) is 23.5. The van der Waals surface area contributed by atoms with E-state index in [0.717, 1.165) is 22.1 Å². The van der Waals surface area contributed by atoms with Crippen LogP contribution in [0.1, 0.15) is 41.4 Å². The number of rotatable bonds is 8. The quantitative estimate of drug-likeness (QED) is 0.265. The van der Waals surface area contributed by atoms with Crippen molar-refractivity contribution in [2.75, 3.05) is 64.2 Å². The summed E-state index contributed by atoms with van der Waals surface area (Å²) in [4.78, 5) is 59.8. The molecule has 0 aliphatic carbocycles. The Balaban J connectivity index is 1.13. The van der Waals surface area contributed by atoms with Gasteiger partial charge >= 0.3 is 0 Å². The maximum atomic E-state index is 13.3. The van der Waals surface area contributed by atoms with Gasteiger partial charge in [-0.2, -0.15) is 0 Å². The topological polar surface area (TPSA) is 93.3 Å². The van der Waals surface area contributed by atoms with Crippen molar-refractivity contribution >= 4 is 56.5 Å². The Bertz CT molecular complexity index is 1600. The lowest BCUT2D eigenvalue weighted by Gasteiger charge is -2.29. The molecule has 4 aromatic rings. The average molecular weight is 550 g/mol. The molecule has 208 valence electrons. The summed E-state index contributed by atoms with van der Waals surface area (Å²) >= 11 is 0. The number of imide groups is 2. The van der Waals surface area contributed by atoms with Crippen LogP contribution in [-0.2, 0) is 0 Å². The van der Waals surface area contributed by atoms with Crippen LogP contribution >= 0.6 is 0 Å². The summed E-state index contributed by atoms with van der Waals surface area (Å²) in [5.41, 5.74) is 3.93. The number of hydrogen-bond donors (Lipinski definition) is 1. The van der Waals surface area contributed by atoms with Gasteiger partial charge in [0.25, 0.3) is 23.6 Å². The maximum absolute atomic E-state index is 13.3. The van der Waals surface area contributed by atoms with Gasteiger partial charge in [0.1, 0.15) is 0 Å². The van der Waals surface area contributed by atoms with Crippen LogP contribution in [0.2, 0.25) is 0 Å². The maximum Gasteiger partial charge on any atom is 0.261 e. The van der Waals surface area contributed by atoms with Crippen LogP contribution in [0.25, 0.3) is 21.5 Å². The van der Waals surface area contributed by atoms with Gasteiger partial charge < -0.3 is 15.1 Å². The summed E-state index contributed by atoms with van der Waals surface area (Å²) in [6.45, 7) is 0.987. The summed E-state index contributed by atoms with van der Waals surface area (Å²) < 4.78 is 0. The Labute approximate surface area is 237 Å². The lowest BCUT2D eigenvalue weighted by molar-refractivity contribution is 0.0607. The molecule has 9 heteroatoms. The first kappa shape index (κ1) is 26.5. The number of amides is 4. The number of benzene rings is 4. The Kier molecular flexibility index (Phi) is 6.46. The number of anilines is 2. The molecule has 2 aliphatic heterocycles. The molecule has 9 nitrogen and oxygen atoms in total. The molecule has 0 atom stereocenters. The highest BCUT2D eigenvalue weighted by molar-refractivity contribution is 6.27. The largest absolute Gasteiger partial charge is 0.377 e. The van der Waals surface area contributed by atoms with E-state index < -0.39 is 0 Å². The molecular weight excluding hydrogens is 518 g/mol. The molecule has 0 spiro atoms. The van der Waals surface area contributed by atoms with Crippen molar-refractivity contribution in [3.8, 4) is 0 Å². The second-order valence-electron chi connectivity index (χ2n) is 10.8. The second-order valence-corrected chi connectivity index (χ2v) is 10.8. The van der Waals surface area contributed by atoms with E-state index in [9.17, 15) is 19.2 Å². The molecule has 2 heterocycles. The average Bonchev–Trinajstić information content (AvgIpc) is 2.96. The highest BCUT2D eigenvalue weighted by atomic mass is 16.2. The normalized spacial score (nSPS) is 14.4. The predicted octanol–water partition coefficient (Wildman–Crippen LogP) is 3.61. The molecule has 0 bridgehead atoms. The highest BCUT2D eigenvalue weighted by Gasteiger charge is 2.34. The van der Waals surface area contributed by atoms with Crippen LogP contribution in [0.3, 0.4) is 0 Å². The van der Waals surface area contributed by atoms with E-state index in [1.54, 1.807) is 24.3 Å². The lowest BCUT2D eigenvalue weighted by Crippen LogP contribution is -2.46. The van der Waals surface area contributed by atoms with E-state index in [0.29, 0.717) is 46.1 Å². The van der Waals surface area contributed by atoms with Crippen molar-refractivity contribution in [3.05, 3.63) is 82.9 Å². The van der Waals surface area contributed by atoms with Crippen LogP contribution < -0.4 is 15.1 Å². The standard InChI is InChI=1S/C32H31N5O4/c1-34(2)25-13-11-23-27-19(25)7-5-9-21(27)29(38)36(31(23)40)17-15-33-16-18-37-30(39)22-10-6-8-20-26(35(3)4)14-12-24(28(20)22)32(37)41/h5-14,33H,15-18H2,1-4H3. The van der Waals surface area contributed by atoms with Gasteiger partial charge in [0, 0.05) is 110 Å². The van der Waals surface area contributed by atoms with Crippen molar-refractivity contribution in [3.63, 3.8) is 0 Å². The van der Waals surface area contributed by atoms with Crippen molar-refractivity contribution < 1.29 is 19.2 Å². The predicted molar refractivity (Wildman–Crippen MR) is 160 cm³/mol. The SMILES string of the molecule is CN(C)c1ccc2c3c(cccc13)C(=O)N(CCNCCN1C(=O)c3cccc4c(N(C)C)ccc(c34)C1=O)C2=O. The van der Waals surface area contributed by atoms with Gasteiger partial charge in [0.2, 0.25) is 0 Å². The molecule has 4 amide bonds. The van der Waals surface area contributed by atoms with E-state index in [4.69, 9.17) is 0 Å². The lowest BCUT2D eigenvalue weighted by atomic mass is 9.92. The van der Waals surface area contributed by atoms with Crippen molar-refractivity contribution in [1.82, 2.24) is 15.1 Å². The van der Waals surface area contributed by atoms with Crippen LogP contribution in [-0.4, -0.2) is 87.8 Å². The zero-order chi connectivity index (χ0) is 29.0. The van der Waals surface area contributed by atoms with Gasteiger partial charge in [-0.15, -0.1) is 0 Å². The minimum absolute atomic E-state index is 0.167.